The smallest absolute Gasteiger partial charge is 0.170 e. The Kier molecular flexibility index (Phi) is 3.02. The van der Waals surface area contributed by atoms with Crippen LogP contribution in [0.15, 0.2) is 34.7 Å². The molecule has 1 unspecified atom stereocenters. The highest BCUT2D eigenvalue weighted by atomic mass is 19.1. The van der Waals surface area contributed by atoms with Crippen LogP contribution in [-0.4, -0.2) is 13.1 Å². The highest BCUT2D eigenvalue weighted by molar-refractivity contribution is 5.77. The third kappa shape index (κ3) is 2.18. The molecule has 1 N–H and O–H groups in total. The van der Waals surface area contributed by atoms with Crippen LogP contribution in [0.25, 0.3) is 11.0 Å². The van der Waals surface area contributed by atoms with Gasteiger partial charge in [0.1, 0.15) is 11.3 Å². The lowest BCUT2D eigenvalue weighted by Crippen LogP contribution is -2.18. The quantitative estimate of drug-likeness (QED) is 0.833. The Bertz CT molecular complexity index is 405. The number of rotatable bonds is 4. The van der Waals surface area contributed by atoms with Crippen LogP contribution in [0.5, 0.6) is 0 Å². The van der Waals surface area contributed by atoms with Gasteiger partial charge in [-0.2, -0.15) is 0 Å². The number of halogens is 1. The standard InChI is InChI=1S/C12H14FNO/c1-2-14-8-10(13)12-7-9-5-3-4-6-11(9)15-12/h3-7,10,14H,2,8H2,1H3. The van der Waals surface area contributed by atoms with Gasteiger partial charge in [0.25, 0.3) is 0 Å². The van der Waals surface area contributed by atoms with Crippen molar-refractivity contribution in [3.8, 4) is 0 Å². The van der Waals surface area contributed by atoms with Gasteiger partial charge in [-0.25, -0.2) is 4.39 Å². The molecule has 1 heterocycles. The van der Waals surface area contributed by atoms with E-state index in [1.807, 2.05) is 31.2 Å². The third-order valence-electron chi connectivity index (χ3n) is 2.33. The second-order valence-electron chi connectivity index (χ2n) is 3.46. The zero-order valence-corrected chi connectivity index (χ0v) is 8.66. The Morgan fingerprint density at radius 2 is 2.20 bits per heavy atom. The number of para-hydroxylation sites is 1. The summed E-state index contributed by atoms with van der Waals surface area (Å²) >= 11 is 0. The number of hydrogen-bond donors (Lipinski definition) is 1. The van der Waals surface area contributed by atoms with Gasteiger partial charge in [0.05, 0.1) is 0 Å². The van der Waals surface area contributed by atoms with Crippen LogP contribution in [-0.2, 0) is 0 Å². The van der Waals surface area contributed by atoms with E-state index in [9.17, 15) is 4.39 Å². The zero-order valence-electron chi connectivity index (χ0n) is 8.66. The van der Waals surface area contributed by atoms with E-state index in [1.54, 1.807) is 6.07 Å². The van der Waals surface area contributed by atoms with Crippen molar-refractivity contribution in [3.63, 3.8) is 0 Å². The van der Waals surface area contributed by atoms with E-state index in [2.05, 4.69) is 5.32 Å². The summed E-state index contributed by atoms with van der Waals surface area (Å²) in [7, 11) is 0. The monoisotopic (exact) mass is 207 g/mol. The molecule has 1 atom stereocenters. The lowest BCUT2D eigenvalue weighted by molar-refractivity contribution is 0.284. The van der Waals surface area contributed by atoms with Crippen LogP contribution >= 0.6 is 0 Å². The molecule has 0 spiro atoms. The maximum atomic E-state index is 13.6. The fraction of sp³-hybridized carbons (Fsp3) is 0.333. The average Bonchev–Trinajstić information content (AvgIpc) is 2.69. The normalized spacial score (nSPS) is 13.2. The van der Waals surface area contributed by atoms with E-state index in [0.717, 1.165) is 17.5 Å². The Balaban J connectivity index is 2.20. The molecule has 0 bridgehead atoms. The molecule has 0 radical (unpaired) electrons. The fourth-order valence-electron chi connectivity index (χ4n) is 1.53. The fourth-order valence-corrected chi connectivity index (χ4v) is 1.53. The van der Waals surface area contributed by atoms with Gasteiger partial charge in [-0.15, -0.1) is 0 Å². The van der Waals surface area contributed by atoms with E-state index >= 15 is 0 Å². The van der Waals surface area contributed by atoms with E-state index in [-0.39, 0.29) is 0 Å². The minimum atomic E-state index is -1.07. The Labute approximate surface area is 88.1 Å². The molecule has 2 aromatic rings. The number of furan rings is 1. The number of alkyl halides is 1. The molecule has 15 heavy (non-hydrogen) atoms. The Hall–Kier alpha value is -1.35. The lowest BCUT2D eigenvalue weighted by Gasteiger charge is -2.04. The van der Waals surface area contributed by atoms with Gasteiger partial charge < -0.3 is 9.73 Å². The van der Waals surface area contributed by atoms with Crippen LogP contribution in [0.1, 0.15) is 18.9 Å². The molecule has 3 heteroatoms. The summed E-state index contributed by atoms with van der Waals surface area (Å²) < 4.78 is 19.0. The maximum absolute atomic E-state index is 13.6. The lowest BCUT2D eigenvalue weighted by atomic mass is 10.2. The van der Waals surface area contributed by atoms with Gasteiger partial charge in [0, 0.05) is 11.9 Å². The van der Waals surface area contributed by atoms with E-state index in [0.29, 0.717) is 12.3 Å². The van der Waals surface area contributed by atoms with Crippen LogP contribution in [0.4, 0.5) is 4.39 Å². The van der Waals surface area contributed by atoms with E-state index in [1.165, 1.54) is 0 Å². The number of fused-ring (bicyclic) bond motifs is 1. The maximum Gasteiger partial charge on any atom is 0.170 e. The summed E-state index contributed by atoms with van der Waals surface area (Å²) in [4.78, 5) is 0. The van der Waals surface area contributed by atoms with Crippen molar-refractivity contribution >= 4 is 11.0 Å². The largest absolute Gasteiger partial charge is 0.458 e. The van der Waals surface area contributed by atoms with E-state index < -0.39 is 6.17 Å². The van der Waals surface area contributed by atoms with Gasteiger partial charge in [-0.1, -0.05) is 25.1 Å². The predicted molar refractivity (Wildman–Crippen MR) is 58.6 cm³/mol. The van der Waals surface area contributed by atoms with Crippen molar-refractivity contribution < 1.29 is 8.81 Å². The molecule has 1 aromatic heterocycles. The van der Waals surface area contributed by atoms with Gasteiger partial charge in [0.15, 0.2) is 6.17 Å². The van der Waals surface area contributed by atoms with Crippen molar-refractivity contribution in [1.82, 2.24) is 5.32 Å². The highest BCUT2D eigenvalue weighted by Gasteiger charge is 2.14. The summed E-state index contributed by atoms with van der Waals surface area (Å²) in [5.74, 6) is 0.400. The molecule has 0 amide bonds. The molecule has 1 aromatic carbocycles. The summed E-state index contributed by atoms with van der Waals surface area (Å²) in [6, 6.07) is 9.32. The molecule has 2 nitrogen and oxygen atoms in total. The summed E-state index contributed by atoms with van der Waals surface area (Å²) in [5, 5.41) is 3.91. The van der Waals surface area contributed by atoms with Crippen molar-refractivity contribution in [1.29, 1.82) is 0 Å². The molecule has 0 aliphatic carbocycles. The van der Waals surface area contributed by atoms with Gasteiger partial charge in [0.2, 0.25) is 0 Å². The molecule has 0 aliphatic heterocycles. The minimum Gasteiger partial charge on any atom is -0.458 e. The number of hydrogen-bond acceptors (Lipinski definition) is 2. The molecule has 0 saturated heterocycles. The van der Waals surface area contributed by atoms with Crippen molar-refractivity contribution in [2.75, 3.05) is 13.1 Å². The third-order valence-corrected chi connectivity index (χ3v) is 2.33. The molecule has 0 fully saturated rings. The Morgan fingerprint density at radius 1 is 1.40 bits per heavy atom. The van der Waals surface area contributed by atoms with Crippen molar-refractivity contribution in [3.05, 3.63) is 36.1 Å². The van der Waals surface area contributed by atoms with Crippen LogP contribution in [0.3, 0.4) is 0 Å². The molecule has 80 valence electrons. The first kappa shape index (κ1) is 10.2. The van der Waals surface area contributed by atoms with Crippen LogP contribution < -0.4 is 5.32 Å². The van der Waals surface area contributed by atoms with Crippen LogP contribution in [0, 0.1) is 0 Å². The topological polar surface area (TPSA) is 25.2 Å². The zero-order chi connectivity index (χ0) is 10.7. The van der Waals surface area contributed by atoms with Crippen molar-refractivity contribution in [2.45, 2.75) is 13.1 Å². The number of likely N-dealkylation sites (N-methyl/N-ethyl adjacent to an activating group) is 1. The summed E-state index contributed by atoms with van der Waals surface area (Å²) in [5.41, 5.74) is 0.742. The highest BCUT2D eigenvalue weighted by Crippen LogP contribution is 2.25. The Morgan fingerprint density at radius 3 is 2.93 bits per heavy atom. The molecule has 2 rings (SSSR count). The predicted octanol–water partition coefficient (Wildman–Crippen LogP) is 3.05. The molecular formula is C12H14FNO. The molecular weight excluding hydrogens is 193 g/mol. The number of benzene rings is 1. The van der Waals surface area contributed by atoms with Crippen LogP contribution in [0.2, 0.25) is 0 Å². The average molecular weight is 207 g/mol. The first-order valence-corrected chi connectivity index (χ1v) is 5.14. The SMILES string of the molecule is CCNCC(F)c1cc2ccccc2o1. The van der Waals surface area contributed by atoms with Gasteiger partial charge >= 0.3 is 0 Å². The first-order valence-electron chi connectivity index (χ1n) is 5.14. The van der Waals surface area contributed by atoms with Crippen molar-refractivity contribution in [2.24, 2.45) is 0 Å². The first-order chi connectivity index (χ1) is 7.31. The second kappa shape index (κ2) is 4.45. The molecule has 0 saturated carbocycles. The number of nitrogens with one attached hydrogen (secondary N) is 1. The second-order valence-corrected chi connectivity index (χ2v) is 3.46. The summed E-state index contributed by atoms with van der Waals surface area (Å²) in [6.45, 7) is 3.02. The van der Waals surface area contributed by atoms with Gasteiger partial charge in [-0.3, -0.25) is 0 Å². The van der Waals surface area contributed by atoms with Gasteiger partial charge in [-0.05, 0) is 18.7 Å². The minimum absolute atomic E-state index is 0.302. The summed E-state index contributed by atoms with van der Waals surface area (Å²) in [6.07, 6.45) is -1.07. The molecule has 0 aliphatic rings. The van der Waals surface area contributed by atoms with E-state index in [4.69, 9.17) is 4.42 Å².